The molecule has 0 amide bonds. The molecule has 0 radical (unpaired) electrons. The van der Waals surface area contributed by atoms with Gasteiger partial charge in [0.05, 0.1) is 33.2 Å². The van der Waals surface area contributed by atoms with Crippen LogP contribution in [0, 0.1) is 5.82 Å². The van der Waals surface area contributed by atoms with E-state index in [0.717, 1.165) is 30.7 Å². The van der Waals surface area contributed by atoms with Gasteiger partial charge in [0.15, 0.2) is 5.82 Å². The molecule has 6 rings (SSSR count). The van der Waals surface area contributed by atoms with Crippen molar-refractivity contribution >= 4 is 33.0 Å². The lowest BCUT2D eigenvalue weighted by atomic mass is 10.0. The molecule has 2 aromatic heterocycles. The summed E-state index contributed by atoms with van der Waals surface area (Å²) in [5, 5.41) is 3.38. The molecular weight excluding hydrogens is 557 g/mol. The summed E-state index contributed by atoms with van der Waals surface area (Å²) in [6, 6.07) is 6.64. The molecule has 0 aliphatic carbocycles. The quantitative estimate of drug-likeness (QED) is 0.391. The van der Waals surface area contributed by atoms with Gasteiger partial charge in [0, 0.05) is 50.1 Å². The first kappa shape index (κ1) is 27.1. The van der Waals surface area contributed by atoms with Gasteiger partial charge in [-0.1, -0.05) is 6.07 Å². The molecule has 0 bridgehead atoms. The fourth-order valence-electron chi connectivity index (χ4n) is 4.96. The first-order valence-electron chi connectivity index (χ1n) is 13.3. The maximum absolute atomic E-state index is 16.0. The molecule has 212 valence electrons. The van der Waals surface area contributed by atoms with E-state index in [-0.39, 0.29) is 29.8 Å². The molecule has 0 saturated carbocycles. The van der Waals surface area contributed by atoms with Gasteiger partial charge < -0.3 is 19.5 Å². The number of anilines is 2. The summed E-state index contributed by atoms with van der Waals surface area (Å²) in [6.45, 7) is 2.65. The highest BCUT2D eigenvalue weighted by Crippen LogP contribution is 2.42. The molecular formula is C27H30FN5O5S2. The molecule has 10 nitrogen and oxygen atoms in total. The Bertz CT molecular complexity index is 1490. The smallest absolute Gasteiger partial charge is 0.242 e. The van der Waals surface area contributed by atoms with Crippen LogP contribution in [0.15, 0.2) is 42.8 Å². The first-order chi connectivity index (χ1) is 19.5. The summed E-state index contributed by atoms with van der Waals surface area (Å²) >= 11 is 1.48. The minimum atomic E-state index is -3.90. The molecule has 13 heteroatoms. The van der Waals surface area contributed by atoms with Gasteiger partial charge in [0.25, 0.3) is 0 Å². The van der Waals surface area contributed by atoms with E-state index in [2.05, 4.69) is 15.0 Å². The minimum absolute atomic E-state index is 0.0146. The topological polar surface area (TPSA) is 125 Å². The number of nitrogens with zero attached hydrogens (tertiary/aromatic N) is 3. The summed E-state index contributed by atoms with van der Waals surface area (Å²) in [4.78, 5) is 14.8. The monoisotopic (exact) mass is 587 g/mol. The van der Waals surface area contributed by atoms with E-state index in [0.29, 0.717) is 48.6 Å². The lowest BCUT2D eigenvalue weighted by molar-refractivity contribution is 0.0853. The predicted molar refractivity (Wildman–Crippen MR) is 150 cm³/mol. The van der Waals surface area contributed by atoms with Crippen LogP contribution in [0.5, 0.6) is 0 Å². The molecule has 2 fully saturated rings. The number of hydrogen-bond acceptors (Lipinski definition) is 10. The Balaban J connectivity index is 1.37. The van der Waals surface area contributed by atoms with Crippen LogP contribution in [0.1, 0.15) is 36.6 Å². The number of halogens is 1. The Kier molecular flexibility index (Phi) is 7.96. The van der Waals surface area contributed by atoms with Crippen LogP contribution >= 0.6 is 11.3 Å². The lowest BCUT2D eigenvalue weighted by Crippen LogP contribution is -2.28. The van der Waals surface area contributed by atoms with Crippen molar-refractivity contribution in [2.75, 3.05) is 43.1 Å². The fourth-order valence-corrected chi connectivity index (χ4v) is 7.32. The highest BCUT2D eigenvalue weighted by molar-refractivity contribution is 7.93. The molecule has 1 unspecified atom stereocenters. The maximum Gasteiger partial charge on any atom is 0.242 e. The molecule has 40 heavy (non-hydrogen) atoms. The van der Waals surface area contributed by atoms with Crippen molar-refractivity contribution in [3.63, 3.8) is 0 Å². The summed E-state index contributed by atoms with van der Waals surface area (Å²) < 4.78 is 60.1. The Morgan fingerprint density at radius 1 is 1.00 bits per heavy atom. The van der Waals surface area contributed by atoms with Gasteiger partial charge in [-0.2, -0.15) is 0 Å². The number of benzene rings is 1. The zero-order valence-corrected chi connectivity index (χ0v) is 23.3. The second-order valence-electron chi connectivity index (χ2n) is 9.93. The van der Waals surface area contributed by atoms with Crippen molar-refractivity contribution in [1.29, 1.82) is 0 Å². The zero-order valence-electron chi connectivity index (χ0n) is 21.7. The Morgan fingerprint density at radius 3 is 2.52 bits per heavy atom. The van der Waals surface area contributed by atoms with Gasteiger partial charge in [-0.3, -0.25) is 4.72 Å². The molecule has 3 aliphatic rings. The maximum atomic E-state index is 16.0. The number of aromatic nitrogens is 3. The third-order valence-corrected chi connectivity index (χ3v) is 10.0. The highest BCUT2D eigenvalue weighted by Gasteiger charge is 2.30. The Hall–Kier alpha value is -3.13. The van der Waals surface area contributed by atoms with Gasteiger partial charge in [-0.05, 0) is 50.0 Å². The second-order valence-corrected chi connectivity index (χ2v) is 12.9. The van der Waals surface area contributed by atoms with E-state index in [4.69, 9.17) is 24.2 Å². The molecule has 3 aromatic rings. The van der Waals surface area contributed by atoms with E-state index < -0.39 is 21.1 Å². The number of sulfonamides is 1. The predicted octanol–water partition coefficient (Wildman–Crippen LogP) is 4.55. The van der Waals surface area contributed by atoms with Crippen molar-refractivity contribution in [3.8, 4) is 21.8 Å². The molecule has 3 aliphatic heterocycles. The van der Waals surface area contributed by atoms with Crippen LogP contribution in [0.3, 0.4) is 0 Å². The molecule has 0 spiro atoms. The van der Waals surface area contributed by atoms with Crippen LogP contribution in [-0.2, 0) is 24.2 Å². The number of nitrogens with one attached hydrogen (secondary N) is 2. The van der Waals surface area contributed by atoms with Gasteiger partial charge in [0.1, 0.15) is 11.9 Å². The van der Waals surface area contributed by atoms with Gasteiger partial charge >= 0.3 is 0 Å². The average Bonchev–Trinajstić information content (AvgIpc) is 3.67. The van der Waals surface area contributed by atoms with Crippen molar-refractivity contribution < 1.29 is 27.0 Å². The van der Waals surface area contributed by atoms with Crippen molar-refractivity contribution in [1.82, 2.24) is 15.0 Å². The highest BCUT2D eigenvalue weighted by atomic mass is 32.2. The van der Waals surface area contributed by atoms with Crippen LogP contribution in [0.25, 0.3) is 21.8 Å². The van der Waals surface area contributed by atoms with Crippen LogP contribution in [0.2, 0.25) is 0 Å². The fraction of sp³-hybridized carbons (Fsp3) is 0.444. The van der Waals surface area contributed by atoms with E-state index in [1.165, 1.54) is 29.7 Å². The zero-order chi connectivity index (χ0) is 27.5. The summed E-state index contributed by atoms with van der Waals surface area (Å²) in [7, 11) is -3.90. The largest absolute Gasteiger partial charge is 0.500 e. The van der Waals surface area contributed by atoms with Crippen molar-refractivity contribution in [2.24, 2.45) is 0 Å². The third-order valence-electron chi connectivity index (χ3n) is 7.21. The standard InChI is InChI=1S/C27H30FN5O5S2/c28-23-20(2-1-3-21(23)33-40(34,35)19-9-15-38-16-19)24-25(39-26(32-24)17-5-11-36-12-6-17)22-4-10-29-27(31-22)30-18-7-13-37-14-8-18/h1-4,9-10,15,17-19,33H,5-8,11-14,16H2,(H,29,30,31). The average molecular weight is 588 g/mol. The third kappa shape index (κ3) is 5.82. The Labute approximate surface area is 236 Å². The molecule has 1 atom stereocenters. The van der Waals surface area contributed by atoms with Crippen LogP contribution in [0.4, 0.5) is 16.0 Å². The van der Waals surface area contributed by atoms with Gasteiger partial charge in [-0.25, -0.2) is 27.8 Å². The molecule has 1 aromatic carbocycles. The Morgan fingerprint density at radius 2 is 1.77 bits per heavy atom. The number of rotatable bonds is 8. The first-order valence-corrected chi connectivity index (χ1v) is 15.7. The lowest BCUT2D eigenvalue weighted by Gasteiger charge is -2.23. The van der Waals surface area contributed by atoms with Crippen LogP contribution in [-0.4, -0.2) is 67.7 Å². The second kappa shape index (κ2) is 11.8. The van der Waals surface area contributed by atoms with E-state index in [9.17, 15) is 8.42 Å². The molecule has 5 heterocycles. The summed E-state index contributed by atoms with van der Waals surface area (Å²) in [6.07, 6.45) is 7.83. The van der Waals surface area contributed by atoms with E-state index in [1.807, 2.05) is 0 Å². The minimum Gasteiger partial charge on any atom is -0.500 e. The van der Waals surface area contributed by atoms with Gasteiger partial charge in [-0.15, -0.1) is 11.3 Å². The molecule has 2 N–H and O–H groups in total. The number of hydrogen-bond donors (Lipinski definition) is 2. The number of thiazole rings is 1. The summed E-state index contributed by atoms with van der Waals surface area (Å²) in [5.41, 5.74) is 1.09. The van der Waals surface area contributed by atoms with E-state index in [1.54, 1.807) is 24.4 Å². The normalized spacial score (nSPS) is 20.4. The van der Waals surface area contributed by atoms with E-state index >= 15 is 4.39 Å². The number of ether oxygens (including phenoxy) is 3. The van der Waals surface area contributed by atoms with Crippen molar-refractivity contribution in [3.05, 3.63) is 53.6 Å². The SMILES string of the molecule is O=S(=O)(Nc1cccc(-c2nc(C3CCOCC3)sc2-c2ccnc(NC3CCOCC3)n2)c1F)C1C=COC1. The van der Waals surface area contributed by atoms with Gasteiger partial charge in [0.2, 0.25) is 16.0 Å². The van der Waals surface area contributed by atoms with Crippen LogP contribution < -0.4 is 10.0 Å². The molecule has 2 saturated heterocycles. The van der Waals surface area contributed by atoms with Crippen molar-refractivity contribution in [2.45, 2.75) is 42.9 Å². The summed E-state index contributed by atoms with van der Waals surface area (Å²) in [5.74, 6) is -0.0225.